The number of carbonyl (C=O) groups is 1. The molecule has 1 fully saturated rings. The van der Waals surface area contributed by atoms with E-state index in [4.69, 9.17) is 11.6 Å². The topological polar surface area (TPSA) is 32.3 Å². The van der Waals surface area contributed by atoms with E-state index in [0.29, 0.717) is 11.1 Å². The average Bonchev–Trinajstić information content (AvgIpc) is 2.43. The molecule has 0 aromatic heterocycles. The molecule has 19 heavy (non-hydrogen) atoms. The van der Waals surface area contributed by atoms with E-state index in [9.17, 15) is 4.79 Å². The van der Waals surface area contributed by atoms with E-state index in [0.717, 1.165) is 43.6 Å². The van der Waals surface area contributed by atoms with Crippen molar-refractivity contribution in [1.29, 1.82) is 0 Å². The van der Waals surface area contributed by atoms with Crippen molar-refractivity contribution < 1.29 is 4.79 Å². The zero-order chi connectivity index (χ0) is 13.8. The number of amides is 1. The van der Waals surface area contributed by atoms with Crippen molar-refractivity contribution in [2.45, 2.75) is 32.7 Å². The Hall–Kier alpha value is -1.06. The molecular weight excluding hydrogens is 260 g/mol. The van der Waals surface area contributed by atoms with Gasteiger partial charge in [-0.15, -0.1) is 0 Å². The summed E-state index contributed by atoms with van der Waals surface area (Å²) < 4.78 is 0. The van der Waals surface area contributed by atoms with Crippen molar-refractivity contribution in [3.05, 3.63) is 34.3 Å². The molecule has 1 aromatic rings. The van der Waals surface area contributed by atoms with Crippen LogP contribution in [0.4, 0.5) is 0 Å². The first-order chi connectivity index (χ1) is 9.13. The van der Waals surface area contributed by atoms with Crippen molar-refractivity contribution >= 4 is 17.5 Å². The minimum absolute atomic E-state index is 0.0937. The van der Waals surface area contributed by atoms with E-state index in [1.54, 1.807) is 6.07 Å². The second kappa shape index (κ2) is 6.40. The van der Waals surface area contributed by atoms with Crippen LogP contribution in [0.2, 0.25) is 5.02 Å². The van der Waals surface area contributed by atoms with Gasteiger partial charge in [-0.1, -0.05) is 17.7 Å². The molecule has 0 spiro atoms. The van der Waals surface area contributed by atoms with Crippen LogP contribution in [0, 0.1) is 6.92 Å². The summed E-state index contributed by atoms with van der Waals surface area (Å²) in [6.07, 6.45) is 2.20. The SMILES string of the molecule is CCN(C(=O)c1cc(Cl)ccc1C)C1CCCNC1. The Bertz CT molecular complexity index is 455. The Labute approximate surface area is 119 Å². The Kier molecular flexibility index (Phi) is 4.83. The molecule has 0 saturated carbocycles. The highest BCUT2D eigenvalue weighted by atomic mass is 35.5. The number of aryl methyl sites for hydroxylation is 1. The highest BCUT2D eigenvalue weighted by molar-refractivity contribution is 6.31. The number of hydrogen-bond donors (Lipinski definition) is 1. The molecule has 104 valence electrons. The summed E-state index contributed by atoms with van der Waals surface area (Å²) in [6, 6.07) is 5.80. The van der Waals surface area contributed by atoms with E-state index < -0.39 is 0 Å². The third-order valence-corrected chi connectivity index (χ3v) is 3.98. The van der Waals surface area contributed by atoms with Gasteiger partial charge in [-0.2, -0.15) is 0 Å². The third kappa shape index (κ3) is 3.28. The van der Waals surface area contributed by atoms with Crippen molar-refractivity contribution in [2.24, 2.45) is 0 Å². The van der Waals surface area contributed by atoms with Crippen molar-refractivity contribution in [3.63, 3.8) is 0 Å². The Balaban J connectivity index is 2.22. The monoisotopic (exact) mass is 280 g/mol. The van der Waals surface area contributed by atoms with E-state index in [1.165, 1.54) is 0 Å². The predicted molar refractivity (Wildman–Crippen MR) is 78.8 cm³/mol. The molecule has 1 aliphatic rings. The molecular formula is C15H21ClN2O. The maximum absolute atomic E-state index is 12.7. The molecule has 2 rings (SSSR count). The van der Waals surface area contributed by atoms with Crippen molar-refractivity contribution in [1.82, 2.24) is 10.2 Å². The molecule has 1 aliphatic heterocycles. The lowest BCUT2D eigenvalue weighted by molar-refractivity contribution is 0.0661. The molecule has 0 aliphatic carbocycles. The summed E-state index contributed by atoms with van der Waals surface area (Å²) >= 11 is 6.01. The number of benzene rings is 1. The van der Waals surface area contributed by atoms with Crippen molar-refractivity contribution in [2.75, 3.05) is 19.6 Å². The van der Waals surface area contributed by atoms with Gasteiger partial charge in [-0.25, -0.2) is 0 Å². The summed E-state index contributed by atoms with van der Waals surface area (Å²) in [5, 5.41) is 3.98. The lowest BCUT2D eigenvalue weighted by Gasteiger charge is -2.34. The molecule has 1 atom stereocenters. The van der Waals surface area contributed by atoms with Crippen LogP contribution in [0.25, 0.3) is 0 Å². The van der Waals surface area contributed by atoms with Gasteiger partial charge in [-0.3, -0.25) is 4.79 Å². The van der Waals surface area contributed by atoms with Gasteiger partial charge in [0, 0.05) is 29.7 Å². The first-order valence-electron chi connectivity index (χ1n) is 6.91. The van der Waals surface area contributed by atoms with Gasteiger partial charge in [0.25, 0.3) is 5.91 Å². The van der Waals surface area contributed by atoms with Gasteiger partial charge >= 0.3 is 0 Å². The number of rotatable bonds is 3. The standard InChI is InChI=1S/C15H21ClN2O/c1-3-18(13-5-4-8-17-10-13)15(19)14-9-12(16)7-6-11(14)2/h6-7,9,13,17H,3-5,8,10H2,1-2H3. The van der Waals surface area contributed by atoms with Gasteiger partial charge in [0.05, 0.1) is 0 Å². The average molecular weight is 281 g/mol. The molecule has 3 nitrogen and oxygen atoms in total. The Morgan fingerprint density at radius 2 is 2.32 bits per heavy atom. The number of carbonyl (C=O) groups excluding carboxylic acids is 1. The van der Waals surface area contributed by atoms with Gasteiger partial charge in [-0.05, 0) is 50.9 Å². The van der Waals surface area contributed by atoms with Gasteiger partial charge in [0.15, 0.2) is 0 Å². The highest BCUT2D eigenvalue weighted by Crippen LogP contribution is 2.20. The van der Waals surface area contributed by atoms with Crippen LogP contribution in [0.1, 0.15) is 35.7 Å². The van der Waals surface area contributed by atoms with Crippen LogP contribution in [0.3, 0.4) is 0 Å². The maximum atomic E-state index is 12.7. The van der Waals surface area contributed by atoms with Crippen LogP contribution in [0.15, 0.2) is 18.2 Å². The number of hydrogen-bond acceptors (Lipinski definition) is 2. The summed E-state index contributed by atoms with van der Waals surface area (Å²) in [7, 11) is 0. The fraction of sp³-hybridized carbons (Fsp3) is 0.533. The predicted octanol–water partition coefficient (Wildman–Crippen LogP) is 2.86. The molecule has 0 bridgehead atoms. The molecule has 1 amide bonds. The second-order valence-electron chi connectivity index (χ2n) is 5.05. The van der Waals surface area contributed by atoms with Gasteiger partial charge in [0.2, 0.25) is 0 Å². The van der Waals surface area contributed by atoms with Crippen LogP contribution in [0.5, 0.6) is 0 Å². The zero-order valence-corrected chi connectivity index (χ0v) is 12.3. The van der Waals surface area contributed by atoms with Crippen molar-refractivity contribution in [3.8, 4) is 0 Å². The zero-order valence-electron chi connectivity index (χ0n) is 11.6. The Morgan fingerprint density at radius 1 is 1.53 bits per heavy atom. The third-order valence-electron chi connectivity index (χ3n) is 3.74. The first-order valence-corrected chi connectivity index (χ1v) is 7.29. The van der Waals surface area contributed by atoms with Crippen LogP contribution in [-0.2, 0) is 0 Å². The second-order valence-corrected chi connectivity index (χ2v) is 5.49. The fourth-order valence-electron chi connectivity index (χ4n) is 2.65. The molecule has 1 aromatic carbocycles. The van der Waals surface area contributed by atoms with E-state index >= 15 is 0 Å². The molecule has 4 heteroatoms. The summed E-state index contributed by atoms with van der Waals surface area (Å²) in [6.45, 7) is 6.66. The minimum Gasteiger partial charge on any atom is -0.335 e. The van der Waals surface area contributed by atoms with E-state index in [-0.39, 0.29) is 5.91 Å². The molecule has 0 radical (unpaired) electrons. The van der Waals surface area contributed by atoms with Crippen LogP contribution >= 0.6 is 11.6 Å². The number of likely N-dealkylation sites (N-methyl/N-ethyl adjacent to an activating group) is 1. The highest BCUT2D eigenvalue weighted by Gasteiger charge is 2.25. The lowest BCUT2D eigenvalue weighted by Crippen LogP contribution is -2.48. The first kappa shape index (κ1) is 14.4. The fourth-order valence-corrected chi connectivity index (χ4v) is 2.82. The maximum Gasteiger partial charge on any atom is 0.254 e. The normalized spacial score (nSPS) is 19.2. The van der Waals surface area contributed by atoms with Gasteiger partial charge < -0.3 is 10.2 Å². The number of halogens is 1. The molecule has 1 N–H and O–H groups in total. The number of nitrogens with zero attached hydrogens (tertiary/aromatic N) is 1. The largest absolute Gasteiger partial charge is 0.335 e. The quantitative estimate of drug-likeness (QED) is 0.923. The van der Waals surface area contributed by atoms with Crippen LogP contribution < -0.4 is 5.32 Å². The molecule has 1 heterocycles. The van der Waals surface area contributed by atoms with Crippen LogP contribution in [-0.4, -0.2) is 36.5 Å². The lowest BCUT2D eigenvalue weighted by atomic mass is 10.0. The number of nitrogens with one attached hydrogen (secondary N) is 1. The Morgan fingerprint density at radius 3 is 2.95 bits per heavy atom. The van der Waals surface area contributed by atoms with E-state index in [1.807, 2.05) is 30.9 Å². The smallest absolute Gasteiger partial charge is 0.254 e. The molecule has 1 saturated heterocycles. The van der Waals surface area contributed by atoms with Gasteiger partial charge in [0.1, 0.15) is 0 Å². The summed E-state index contributed by atoms with van der Waals surface area (Å²) in [5.74, 6) is 0.0937. The minimum atomic E-state index is 0.0937. The molecule has 1 unspecified atom stereocenters. The van der Waals surface area contributed by atoms with E-state index in [2.05, 4.69) is 5.32 Å². The summed E-state index contributed by atoms with van der Waals surface area (Å²) in [5.41, 5.74) is 1.71. The number of piperidine rings is 1. The summed E-state index contributed by atoms with van der Waals surface area (Å²) in [4.78, 5) is 14.7.